The van der Waals surface area contributed by atoms with Crippen molar-refractivity contribution in [2.75, 3.05) is 23.3 Å². The molecule has 0 aliphatic carbocycles. The third-order valence-corrected chi connectivity index (χ3v) is 5.33. The number of nitrogens with zero attached hydrogens (tertiary/aromatic N) is 2. The van der Waals surface area contributed by atoms with Crippen molar-refractivity contribution in [1.29, 1.82) is 0 Å². The lowest BCUT2D eigenvalue weighted by molar-refractivity contribution is 0.0989. The Labute approximate surface area is 178 Å². The number of aromatic nitrogens is 1. The highest BCUT2D eigenvalue weighted by molar-refractivity contribution is 6.34. The molecule has 148 valence electrons. The van der Waals surface area contributed by atoms with Crippen LogP contribution in [-0.4, -0.2) is 29.1 Å². The van der Waals surface area contributed by atoms with Crippen molar-refractivity contribution in [2.24, 2.45) is 0 Å². The number of hydrogen-bond acceptors (Lipinski definition) is 4. The largest absolute Gasteiger partial charge is 0.387 e. The van der Waals surface area contributed by atoms with Crippen molar-refractivity contribution >= 4 is 40.6 Å². The maximum atomic E-state index is 12.8. The van der Waals surface area contributed by atoms with E-state index < -0.39 is 6.10 Å². The molecule has 29 heavy (non-hydrogen) atoms. The van der Waals surface area contributed by atoms with Gasteiger partial charge in [-0.05, 0) is 53.9 Å². The van der Waals surface area contributed by atoms with Crippen molar-refractivity contribution in [1.82, 2.24) is 4.98 Å². The van der Waals surface area contributed by atoms with E-state index in [1.165, 1.54) is 5.56 Å². The molecule has 4 rings (SSSR count). The van der Waals surface area contributed by atoms with Gasteiger partial charge in [0, 0.05) is 35.0 Å². The van der Waals surface area contributed by atoms with Crippen LogP contribution in [0.4, 0.5) is 11.5 Å². The summed E-state index contributed by atoms with van der Waals surface area (Å²) in [5, 5.41) is 14.3. The maximum Gasteiger partial charge on any atom is 0.259 e. The van der Waals surface area contributed by atoms with Crippen molar-refractivity contribution in [2.45, 2.75) is 12.5 Å². The highest BCUT2D eigenvalue weighted by atomic mass is 35.5. The van der Waals surface area contributed by atoms with Crippen molar-refractivity contribution in [3.63, 3.8) is 0 Å². The molecular weight excluding hydrogens is 409 g/mol. The Morgan fingerprint density at radius 2 is 1.90 bits per heavy atom. The van der Waals surface area contributed by atoms with Gasteiger partial charge < -0.3 is 15.3 Å². The van der Waals surface area contributed by atoms with Gasteiger partial charge in [-0.1, -0.05) is 41.4 Å². The van der Waals surface area contributed by atoms with Gasteiger partial charge in [-0.2, -0.15) is 0 Å². The number of aliphatic hydroxyl groups excluding tert-OH is 1. The average Bonchev–Trinajstić information content (AvgIpc) is 3.15. The molecule has 0 bridgehead atoms. The number of amides is 1. The van der Waals surface area contributed by atoms with E-state index in [1.54, 1.807) is 41.4 Å². The van der Waals surface area contributed by atoms with Gasteiger partial charge in [0.05, 0.1) is 11.7 Å². The van der Waals surface area contributed by atoms with Gasteiger partial charge in [0.25, 0.3) is 5.91 Å². The number of anilines is 2. The minimum atomic E-state index is -0.796. The topological polar surface area (TPSA) is 65.5 Å². The van der Waals surface area contributed by atoms with Crippen LogP contribution in [0.15, 0.2) is 60.8 Å². The van der Waals surface area contributed by atoms with E-state index in [2.05, 4.69) is 10.3 Å². The average molecular weight is 428 g/mol. The van der Waals surface area contributed by atoms with Crippen molar-refractivity contribution < 1.29 is 9.90 Å². The molecule has 5 nitrogen and oxygen atoms in total. The summed E-state index contributed by atoms with van der Waals surface area (Å²) in [4.78, 5) is 18.9. The highest BCUT2D eigenvalue weighted by Crippen LogP contribution is 2.29. The Morgan fingerprint density at radius 1 is 1.14 bits per heavy atom. The lowest BCUT2D eigenvalue weighted by Gasteiger charge is -2.17. The summed E-state index contributed by atoms with van der Waals surface area (Å²) >= 11 is 12.0. The number of aliphatic hydroxyl groups is 1. The minimum absolute atomic E-state index is 0.0670. The van der Waals surface area contributed by atoms with Crippen molar-refractivity contribution in [3.8, 4) is 0 Å². The van der Waals surface area contributed by atoms with Crippen LogP contribution < -0.4 is 10.2 Å². The molecule has 0 saturated carbocycles. The van der Waals surface area contributed by atoms with E-state index in [9.17, 15) is 9.90 Å². The second-order valence-corrected chi connectivity index (χ2v) is 7.74. The van der Waals surface area contributed by atoms with Crippen LogP contribution in [0.25, 0.3) is 0 Å². The Morgan fingerprint density at radius 3 is 2.62 bits per heavy atom. The molecule has 2 heterocycles. The molecule has 1 aliphatic rings. The summed E-state index contributed by atoms with van der Waals surface area (Å²) in [6, 6.07) is 16.4. The molecule has 1 amide bonds. The third-order valence-electron chi connectivity index (χ3n) is 4.89. The van der Waals surface area contributed by atoms with Crippen LogP contribution in [0, 0.1) is 0 Å². The lowest BCUT2D eigenvalue weighted by atomic mass is 10.1. The van der Waals surface area contributed by atoms with Gasteiger partial charge in [-0.25, -0.2) is 4.98 Å². The second-order valence-electron chi connectivity index (χ2n) is 6.87. The first kappa shape index (κ1) is 19.7. The molecule has 7 heteroatoms. The predicted molar refractivity (Wildman–Crippen MR) is 116 cm³/mol. The van der Waals surface area contributed by atoms with Crippen LogP contribution in [0.2, 0.25) is 10.0 Å². The van der Waals surface area contributed by atoms with Crippen LogP contribution in [-0.2, 0) is 6.42 Å². The zero-order chi connectivity index (χ0) is 20.4. The first-order valence-corrected chi connectivity index (χ1v) is 10.0. The van der Waals surface area contributed by atoms with E-state index in [-0.39, 0.29) is 12.5 Å². The minimum Gasteiger partial charge on any atom is -0.387 e. The smallest absolute Gasteiger partial charge is 0.259 e. The Hall–Kier alpha value is -2.60. The SMILES string of the molecule is O=C(c1ccc(NCC(O)c2cc(Cl)cc(Cl)c2)nc1)N1CCc2ccccc21. The zero-order valence-electron chi connectivity index (χ0n) is 15.5. The van der Waals surface area contributed by atoms with Crippen molar-refractivity contribution in [3.05, 3.63) is 87.5 Å². The Balaban J connectivity index is 1.40. The molecule has 0 spiro atoms. The number of nitrogens with one attached hydrogen (secondary N) is 1. The molecule has 1 atom stereocenters. The fourth-order valence-corrected chi connectivity index (χ4v) is 3.96. The molecule has 1 aliphatic heterocycles. The van der Waals surface area contributed by atoms with E-state index in [1.807, 2.05) is 24.3 Å². The zero-order valence-corrected chi connectivity index (χ0v) is 17.0. The Bertz CT molecular complexity index is 1020. The number of hydrogen-bond donors (Lipinski definition) is 2. The summed E-state index contributed by atoms with van der Waals surface area (Å²) in [5.74, 6) is 0.498. The number of fused-ring (bicyclic) bond motifs is 1. The molecular formula is C22H19Cl2N3O2. The van der Waals surface area contributed by atoms with Crippen LogP contribution in [0.3, 0.4) is 0 Å². The van der Waals surface area contributed by atoms with Gasteiger partial charge in [-0.15, -0.1) is 0 Å². The second kappa shape index (κ2) is 8.41. The summed E-state index contributed by atoms with van der Waals surface area (Å²) in [5.41, 5.74) is 3.29. The fraction of sp³-hybridized carbons (Fsp3) is 0.182. The van der Waals surface area contributed by atoms with Gasteiger partial charge in [0.2, 0.25) is 0 Å². The quantitative estimate of drug-likeness (QED) is 0.617. The number of carbonyl (C=O) groups excluding carboxylic acids is 1. The first-order chi connectivity index (χ1) is 14.0. The summed E-state index contributed by atoms with van der Waals surface area (Å²) in [6.07, 6.45) is 1.62. The first-order valence-electron chi connectivity index (χ1n) is 9.25. The van der Waals surface area contributed by atoms with Crippen LogP contribution in [0.5, 0.6) is 0 Å². The lowest BCUT2D eigenvalue weighted by Crippen LogP contribution is -2.29. The van der Waals surface area contributed by atoms with E-state index in [0.29, 0.717) is 33.5 Å². The van der Waals surface area contributed by atoms with E-state index in [4.69, 9.17) is 23.2 Å². The summed E-state index contributed by atoms with van der Waals surface area (Å²) < 4.78 is 0. The van der Waals surface area contributed by atoms with Crippen LogP contribution >= 0.6 is 23.2 Å². The molecule has 0 saturated heterocycles. The van der Waals surface area contributed by atoms with Gasteiger partial charge in [-0.3, -0.25) is 4.79 Å². The number of rotatable bonds is 5. The summed E-state index contributed by atoms with van der Waals surface area (Å²) in [7, 11) is 0. The highest BCUT2D eigenvalue weighted by Gasteiger charge is 2.25. The van der Waals surface area contributed by atoms with Gasteiger partial charge in [0.15, 0.2) is 0 Å². The predicted octanol–water partition coefficient (Wildman–Crippen LogP) is 4.74. The van der Waals surface area contributed by atoms with Gasteiger partial charge >= 0.3 is 0 Å². The maximum absolute atomic E-state index is 12.8. The standard InChI is InChI=1S/C22H19Cl2N3O2/c23-17-9-16(10-18(24)11-17)20(28)13-26-21-6-5-15(12-25-21)22(29)27-8-7-14-3-1-2-4-19(14)27/h1-6,9-12,20,28H,7-8,13H2,(H,25,26). The van der Waals surface area contributed by atoms with E-state index in [0.717, 1.165) is 12.1 Å². The monoisotopic (exact) mass is 427 g/mol. The number of halogens is 2. The Kier molecular flexibility index (Phi) is 5.72. The van der Waals surface area contributed by atoms with Gasteiger partial charge in [0.1, 0.15) is 5.82 Å². The fourth-order valence-electron chi connectivity index (χ4n) is 3.42. The molecule has 2 N–H and O–H groups in total. The number of para-hydroxylation sites is 1. The third kappa shape index (κ3) is 4.37. The molecule has 1 unspecified atom stereocenters. The molecule has 3 aromatic rings. The molecule has 0 fully saturated rings. The number of pyridine rings is 1. The molecule has 0 radical (unpaired) electrons. The van der Waals surface area contributed by atoms with E-state index >= 15 is 0 Å². The normalized spacial score (nSPS) is 13.8. The number of carbonyl (C=O) groups is 1. The van der Waals surface area contributed by atoms with Crippen LogP contribution in [0.1, 0.15) is 27.6 Å². The summed E-state index contributed by atoms with van der Waals surface area (Å²) in [6.45, 7) is 0.906. The molecule has 2 aromatic carbocycles. The molecule has 1 aromatic heterocycles. The number of benzene rings is 2.